The number of thiophene rings is 2. The summed E-state index contributed by atoms with van der Waals surface area (Å²) in [6.45, 7) is 0. The summed E-state index contributed by atoms with van der Waals surface area (Å²) in [5, 5.41) is 6.43. The Labute approximate surface area is 146 Å². The Hall–Kier alpha value is -2.64. The fraction of sp³-hybridized carbons (Fsp3) is 0.0588. The molecule has 1 N–H and O–H groups in total. The summed E-state index contributed by atoms with van der Waals surface area (Å²) >= 11 is 2.64. The maximum Gasteiger partial charge on any atom is 0.351 e. The highest BCUT2D eigenvalue weighted by Gasteiger charge is 2.15. The third-order valence-corrected chi connectivity index (χ3v) is 4.83. The highest BCUT2D eigenvalue weighted by molar-refractivity contribution is 7.12. The van der Waals surface area contributed by atoms with Gasteiger partial charge in [0.05, 0.1) is 12.0 Å². The monoisotopic (exact) mass is 359 g/mol. The van der Waals surface area contributed by atoms with Crippen LogP contribution >= 0.6 is 22.7 Å². The van der Waals surface area contributed by atoms with Crippen molar-refractivity contribution in [3.05, 3.63) is 63.0 Å². The Morgan fingerprint density at radius 2 is 1.79 bits per heavy atom. The third-order valence-electron chi connectivity index (χ3n) is 3.08. The van der Waals surface area contributed by atoms with Crippen molar-refractivity contribution in [2.75, 3.05) is 12.4 Å². The standard InChI is InChI=1S/C17H13NO4S2/c1-21-17(20)15-13(8-10-24-15)22-12-6-4-11(5-7-12)18-16(19)14-3-2-9-23-14/h2-10H,1H3,(H,18,19). The van der Waals surface area contributed by atoms with Gasteiger partial charge in [0.2, 0.25) is 0 Å². The van der Waals surface area contributed by atoms with Crippen LogP contribution in [0.3, 0.4) is 0 Å². The lowest BCUT2D eigenvalue weighted by Gasteiger charge is -2.08. The zero-order chi connectivity index (χ0) is 16.9. The molecule has 0 saturated heterocycles. The van der Waals surface area contributed by atoms with E-state index in [0.717, 1.165) is 0 Å². The molecule has 3 aromatic rings. The van der Waals surface area contributed by atoms with Crippen molar-refractivity contribution < 1.29 is 19.1 Å². The number of hydrogen-bond donors (Lipinski definition) is 1. The lowest BCUT2D eigenvalue weighted by Crippen LogP contribution is -2.09. The predicted octanol–water partition coefficient (Wildman–Crippen LogP) is 4.64. The quantitative estimate of drug-likeness (QED) is 0.674. The van der Waals surface area contributed by atoms with Crippen molar-refractivity contribution in [1.29, 1.82) is 0 Å². The molecule has 122 valence electrons. The summed E-state index contributed by atoms with van der Waals surface area (Å²) in [7, 11) is 1.33. The first-order valence-corrected chi connectivity index (χ1v) is 8.72. The van der Waals surface area contributed by atoms with Crippen LogP contribution in [-0.2, 0) is 4.74 Å². The number of methoxy groups -OCH3 is 1. The number of ether oxygens (including phenoxy) is 2. The molecule has 0 bridgehead atoms. The smallest absolute Gasteiger partial charge is 0.351 e. The first-order chi connectivity index (χ1) is 11.7. The molecule has 0 saturated carbocycles. The second-order valence-corrected chi connectivity index (χ2v) is 6.53. The molecule has 5 nitrogen and oxygen atoms in total. The second kappa shape index (κ2) is 7.29. The molecule has 1 aromatic carbocycles. The fourth-order valence-corrected chi connectivity index (χ4v) is 3.31. The molecule has 0 aliphatic carbocycles. The Morgan fingerprint density at radius 3 is 2.46 bits per heavy atom. The van der Waals surface area contributed by atoms with E-state index in [2.05, 4.69) is 5.32 Å². The first kappa shape index (κ1) is 16.2. The summed E-state index contributed by atoms with van der Waals surface area (Å²) in [6, 6.07) is 12.2. The number of rotatable bonds is 5. The largest absolute Gasteiger partial charge is 0.465 e. The van der Waals surface area contributed by atoms with Crippen LogP contribution in [0.4, 0.5) is 5.69 Å². The Morgan fingerprint density at radius 1 is 1.00 bits per heavy atom. The van der Waals surface area contributed by atoms with Crippen molar-refractivity contribution in [3.8, 4) is 11.5 Å². The SMILES string of the molecule is COC(=O)c1sccc1Oc1ccc(NC(=O)c2cccs2)cc1. The van der Waals surface area contributed by atoms with Crippen LogP contribution in [0.2, 0.25) is 0 Å². The molecule has 2 heterocycles. The molecule has 0 unspecified atom stereocenters. The minimum atomic E-state index is -0.431. The van der Waals surface area contributed by atoms with Crippen LogP contribution in [-0.4, -0.2) is 19.0 Å². The Balaban J connectivity index is 1.68. The van der Waals surface area contributed by atoms with Gasteiger partial charge in [0.15, 0.2) is 10.6 Å². The summed E-state index contributed by atoms with van der Waals surface area (Å²) < 4.78 is 10.4. The average Bonchev–Trinajstić information content (AvgIpc) is 3.27. The van der Waals surface area contributed by atoms with Crippen LogP contribution < -0.4 is 10.1 Å². The molecular formula is C17H13NO4S2. The highest BCUT2D eigenvalue weighted by atomic mass is 32.1. The second-order valence-electron chi connectivity index (χ2n) is 4.66. The number of benzene rings is 1. The highest BCUT2D eigenvalue weighted by Crippen LogP contribution is 2.30. The predicted molar refractivity (Wildman–Crippen MR) is 94.4 cm³/mol. The van der Waals surface area contributed by atoms with Crippen molar-refractivity contribution in [2.45, 2.75) is 0 Å². The fourth-order valence-electron chi connectivity index (χ4n) is 1.95. The molecule has 0 aliphatic rings. The van der Waals surface area contributed by atoms with E-state index in [1.165, 1.54) is 29.8 Å². The van der Waals surface area contributed by atoms with E-state index in [-0.39, 0.29) is 5.91 Å². The Kier molecular flexibility index (Phi) is 4.93. The van der Waals surface area contributed by atoms with E-state index in [1.54, 1.807) is 41.8 Å². The van der Waals surface area contributed by atoms with Gasteiger partial charge in [-0.25, -0.2) is 4.79 Å². The van der Waals surface area contributed by atoms with Crippen molar-refractivity contribution in [3.63, 3.8) is 0 Å². The maximum absolute atomic E-state index is 12.0. The summed E-state index contributed by atoms with van der Waals surface area (Å²) in [5.41, 5.74) is 0.666. The van der Waals surface area contributed by atoms with Gasteiger partial charge in [-0.05, 0) is 47.2 Å². The van der Waals surface area contributed by atoms with Gasteiger partial charge in [-0.3, -0.25) is 4.79 Å². The molecule has 24 heavy (non-hydrogen) atoms. The molecule has 7 heteroatoms. The molecule has 0 radical (unpaired) electrons. The molecule has 2 aromatic heterocycles. The van der Waals surface area contributed by atoms with Gasteiger partial charge in [-0.15, -0.1) is 22.7 Å². The number of hydrogen-bond acceptors (Lipinski definition) is 6. The molecule has 3 rings (SSSR count). The van der Waals surface area contributed by atoms with Crippen molar-refractivity contribution in [1.82, 2.24) is 0 Å². The van der Waals surface area contributed by atoms with E-state index >= 15 is 0 Å². The Bertz CT molecular complexity index is 838. The van der Waals surface area contributed by atoms with Crippen LogP contribution in [0.15, 0.2) is 53.2 Å². The van der Waals surface area contributed by atoms with Gasteiger partial charge in [-0.2, -0.15) is 0 Å². The third kappa shape index (κ3) is 3.64. The van der Waals surface area contributed by atoms with Crippen LogP contribution in [0, 0.1) is 0 Å². The van der Waals surface area contributed by atoms with E-state index < -0.39 is 5.97 Å². The number of esters is 1. The van der Waals surface area contributed by atoms with E-state index in [9.17, 15) is 9.59 Å². The van der Waals surface area contributed by atoms with Crippen LogP contribution in [0.1, 0.15) is 19.3 Å². The molecule has 0 fully saturated rings. The van der Waals surface area contributed by atoms with Gasteiger partial charge in [0.1, 0.15) is 5.75 Å². The van der Waals surface area contributed by atoms with Crippen LogP contribution in [0.5, 0.6) is 11.5 Å². The lowest BCUT2D eigenvalue weighted by atomic mass is 10.3. The summed E-state index contributed by atoms with van der Waals surface area (Å²) in [4.78, 5) is 24.7. The average molecular weight is 359 g/mol. The summed E-state index contributed by atoms with van der Waals surface area (Å²) in [5.74, 6) is 0.430. The molecular weight excluding hydrogens is 346 g/mol. The number of carbonyl (C=O) groups excluding carboxylic acids is 2. The van der Waals surface area contributed by atoms with Gasteiger partial charge in [0, 0.05) is 5.69 Å². The maximum atomic E-state index is 12.0. The lowest BCUT2D eigenvalue weighted by molar-refractivity contribution is 0.0603. The minimum absolute atomic E-state index is 0.149. The van der Waals surface area contributed by atoms with Gasteiger partial charge in [0.25, 0.3) is 5.91 Å². The first-order valence-electron chi connectivity index (χ1n) is 6.96. The van der Waals surface area contributed by atoms with E-state index in [4.69, 9.17) is 9.47 Å². The summed E-state index contributed by atoms with van der Waals surface area (Å²) in [6.07, 6.45) is 0. The van der Waals surface area contributed by atoms with E-state index in [1.807, 2.05) is 11.4 Å². The number of carbonyl (C=O) groups is 2. The zero-order valence-electron chi connectivity index (χ0n) is 12.6. The minimum Gasteiger partial charge on any atom is -0.465 e. The number of anilines is 1. The molecule has 1 amide bonds. The van der Waals surface area contributed by atoms with Gasteiger partial charge >= 0.3 is 5.97 Å². The van der Waals surface area contributed by atoms with E-state index in [0.29, 0.717) is 26.9 Å². The van der Waals surface area contributed by atoms with Gasteiger partial charge in [-0.1, -0.05) is 6.07 Å². The number of amides is 1. The topological polar surface area (TPSA) is 64.6 Å². The van der Waals surface area contributed by atoms with Gasteiger partial charge < -0.3 is 14.8 Å². The van der Waals surface area contributed by atoms with Crippen LogP contribution in [0.25, 0.3) is 0 Å². The molecule has 0 atom stereocenters. The molecule has 0 spiro atoms. The van der Waals surface area contributed by atoms with Crippen molar-refractivity contribution in [2.24, 2.45) is 0 Å². The zero-order valence-corrected chi connectivity index (χ0v) is 14.3. The molecule has 0 aliphatic heterocycles. The number of nitrogens with one attached hydrogen (secondary N) is 1. The normalized spacial score (nSPS) is 10.2. The van der Waals surface area contributed by atoms with Crippen molar-refractivity contribution >= 4 is 40.2 Å².